The summed E-state index contributed by atoms with van der Waals surface area (Å²) in [7, 11) is 1.81. The first kappa shape index (κ1) is 21.2. The molecule has 27 heavy (non-hydrogen) atoms. The van der Waals surface area contributed by atoms with Crippen molar-refractivity contribution in [3.05, 3.63) is 24.4 Å². The van der Waals surface area contributed by atoms with E-state index in [1.54, 1.807) is 0 Å². The number of carboxylic acid groups (broad SMARTS) is 1. The number of hydrogen-bond donors (Lipinski definition) is 2. The normalized spacial score (nSPS) is 23.4. The maximum Gasteiger partial charge on any atom is 0.490 e. The first-order chi connectivity index (χ1) is 12.7. The van der Waals surface area contributed by atoms with Gasteiger partial charge in [-0.3, -0.25) is 9.58 Å². The van der Waals surface area contributed by atoms with E-state index in [1.807, 2.05) is 24.1 Å². The van der Waals surface area contributed by atoms with Gasteiger partial charge in [0.15, 0.2) is 0 Å². The Morgan fingerprint density at radius 1 is 1.37 bits per heavy atom. The molecule has 152 valence electrons. The van der Waals surface area contributed by atoms with Gasteiger partial charge in [-0.25, -0.2) is 4.79 Å². The predicted octanol–water partition coefficient (Wildman–Crippen LogP) is 2.15. The Morgan fingerprint density at radius 2 is 2.00 bits per heavy atom. The molecule has 0 bridgehead atoms. The third-order valence-electron chi connectivity index (χ3n) is 4.72. The summed E-state index contributed by atoms with van der Waals surface area (Å²) in [4.78, 5) is 11.5. The van der Waals surface area contributed by atoms with Crippen molar-refractivity contribution in [1.82, 2.24) is 14.7 Å². The molecule has 2 atom stereocenters. The topological polar surface area (TPSA) is 93.6 Å². The van der Waals surface area contributed by atoms with Crippen molar-refractivity contribution < 1.29 is 27.8 Å². The van der Waals surface area contributed by atoms with E-state index in [1.165, 1.54) is 12.8 Å². The highest BCUT2D eigenvalue weighted by Crippen LogP contribution is 2.26. The number of nitrogens with zero attached hydrogens (tertiary/aromatic N) is 3. The summed E-state index contributed by atoms with van der Waals surface area (Å²) in [6, 6.07) is 2.36. The molecule has 1 aromatic heterocycles. The molecule has 0 unspecified atom stereocenters. The van der Waals surface area contributed by atoms with Crippen LogP contribution in [0.2, 0.25) is 0 Å². The Morgan fingerprint density at radius 3 is 2.48 bits per heavy atom. The van der Waals surface area contributed by atoms with E-state index >= 15 is 0 Å². The number of nitrogen functional groups attached to an aromatic ring is 1. The molecule has 0 radical (unpaired) electrons. The largest absolute Gasteiger partial charge is 0.490 e. The highest BCUT2D eigenvalue weighted by atomic mass is 19.4. The third kappa shape index (κ3) is 6.55. The fraction of sp³-hybridized carbons (Fsp3) is 0.647. The van der Waals surface area contributed by atoms with Gasteiger partial charge in [0.1, 0.15) is 5.82 Å². The highest BCUT2D eigenvalue weighted by molar-refractivity contribution is 5.73. The second-order valence-corrected chi connectivity index (χ2v) is 6.78. The van der Waals surface area contributed by atoms with Crippen LogP contribution < -0.4 is 5.73 Å². The number of nitrogens with two attached hydrogens (primary N) is 1. The monoisotopic (exact) mass is 390 g/mol. The lowest BCUT2D eigenvalue weighted by Crippen LogP contribution is -2.36. The van der Waals surface area contributed by atoms with Gasteiger partial charge in [-0.2, -0.15) is 18.3 Å². The maximum absolute atomic E-state index is 10.6. The molecule has 3 rings (SSSR count). The Balaban J connectivity index is 0.000000321. The smallest absolute Gasteiger partial charge is 0.475 e. The van der Waals surface area contributed by atoms with Crippen molar-refractivity contribution in [3.8, 4) is 0 Å². The zero-order valence-corrected chi connectivity index (χ0v) is 15.1. The number of halogens is 3. The van der Waals surface area contributed by atoms with Crippen LogP contribution in [0.25, 0.3) is 0 Å². The quantitative estimate of drug-likeness (QED) is 0.749. The van der Waals surface area contributed by atoms with E-state index in [0.717, 1.165) is 32.0 Å². The molecule has 2 aliphatic rings. The number of ether oxygens (including phenoxy) is 1. The van der Waals surface area contributed by atoms with Gasteiger partial charge in [0, 0.05) is 32.4 Å². The van der Waals surface area contributed by atoms with Crippen molar-refractivity contribution in [2.45, 2.75) is 44.1 Å². The van der Waals surface area contributed by atoms with E-state index in [2.05, 4.69) is 22.2 Å². The molecule has 0 saturated carbocycles. The molecule has 7 nitrogen and oxygen atoms in total. The molecular formula is C17H25F3N4O3. The minimum absolute atomic E-state index is 0.349. The number of methoxy groups -OCH3 is 1. The summed E-state index contributed by atoms with van der Waals surface area (Å²) in [6.45, 7) is 3.10. The molecule has 1 aliphatic carbocycles. The number of likely N-dealkylation sites (tertiary alicyclic amines) is 1. The van der Waals surface area contributed by atoms with Crippen molar-refractivity contribution in [2.24, 2.45) is 5.92 Å². The Hall–Kier alpha value is -2.07. The third-order valence-corrected chi connectivity index (χ3v) is 4.72. The van der Waals surface area contributed by atoms with Crippen LogP contribution in [0.5, 0.6) is 0 Å². The van der Waals surface area contributed by atoms with Crippen molar-refractivity contribution in [3.63, 3.8) is 0 Å². The lowest BCUT2D eigenvalue weighted by molar-refractivity contribution is -0.192. The molecule has 1 fully saturated rings. The molecule has 0 aromatic carbocycles. The molecule has 1 aromatic rings. The first-order valence-electron chi connectivity index (χ1n) is 8.70. The average molecular weight is 390 g/mol. The van der Waals surface area contributed by atoms with Crippen LogP contribution >= 0.6 is 0 Å². The molecule has 2 heterocycles. The zero-order valence-electron chi connectivity index (χ0n) is 15.1. The summed E-state index contributed by atoms with van der Waals surface area (Å²) in [5.41, 5.74) is 5.69. The van der Waals surface area contributed by atoms with E-state index in [9.17, 15) is 13.2 Å². The molecular weight excluding hydrogens is 365 g/mol. The van der Waals surface area contributed by atoms with Crippen molar-refractivity contribution in [1.29, 1.82) is 0 Å². The predicted molar refractivity (Wildman–Crippen MR) is 93.0 cm³/mol. The Kier molecular flexibility index (Phi) is 7.25. The summed E-state index contributed by atoms with van der Waals surface area (Å²) in [5, 5.41) is 11.4. The van der Waals surface area contributed by atoms with Crippen LogP contribution in [0.15, 0.2) is 24.4 Å². The van der Waals surface area contributed by atoms with Crippen LogP contribution in [-0.2, 0) is 16.1 Å². The molecule has 1 aliphatic heterocycles. The fourth-order valence-electron chi connectivity index (χ4n) is 3.37. The van der Waals surface area contributed by atoms with Crippen LogP contribution in [0.3, 0.4) is 0 Å². The number of allylic oxidation sites excluding steroid dienone is 2. The van der Waals surface area contributed by atoms with Gasteiger partial charge in [0.25, 0.3) is 0 Å². The van der Waals surface area contributed by atoms with Crippen molar-refractivity contribution in [2.75, 3.05) is 25.9 Å². The SMILES string of the molecule is CO[C@H]1C[C@@H](Cn2ccc(N)n2)N(CC2CC=CC2)C1.O=C(O)C(F)(F)F. The van der Waals surface area contributed by atoms with E-state index < -0.39 is 12.1 Å². The number of hydrogen-bond acceptors (Lipinski definition) is 5. The van der Waals surface area contributed by atoms with Gasteiger partial charge in [0.05, 0.1) is 12.6 Å². The van der Waals surface area contributed by atoms with Gasteiger partial charge in [-0.15, -0.1) is 0 Å². The maximum atomic E-state index is 10.6. The zero-order chi connectivity index (χ0) is 20.0. The van der Waals surface area contributed by atoms with Gasteiger partial charge in [-0.05, 0) is 31.2 Å². The van der Waals surface area contributed by atoms with Crippen LogP contribution in [0, 0.1) is 5.92 Å². The lowest BCUT2D eigenvalue weighted by atomic mass is 10.1. The van der Waals surface area contributed by atoms with Crippen LogP contribution in [0.1, 0.15) is 19.3 Å². The Bertz CT molecular complexity index is 640. The van der Waals surface area contributed by atoms with E-state index in [0.29, 0.717) is 18.0 Å². The highest BCUT2D eigenvalue weighted by Gasteiger charge is 2.38. The second kappa shape index (κ2) is 9.23. The van der Waals surface area contributed by atoms with Crippen molar-refractivity contribution >= 4 is 11.8 Å². The van der Waals surface area contributed by atoms with E-state index in [-0.39, 0.29) is 0 Å². The van der Waals surface area contributed by atoms with Gasteiger partial charge < -0.3 is 15.6 Å². The fourth-order valence-corrected chi connectivity index (χ4v) is 3.37. The lowest BCUT2D eigenvalue weighted by Gasteiger charge is -2.26. The van der Waals surface area contributed by atoms with Crippen LogP contribution in [-0.4, -0.2) is 64.3 Å². The molecule has 0 spiro atoms. The molecule has 10 heteroatoms. The summed E-state index contributed by atoms with van der Waals surface area (Å²) >= 11 is 0. The van der Waals surface area contributed by atoms with Crippen LogP contribution in [0.4, 0.5) is 19.0 Å². The standard InChI is InChI=1S/C15H24N4O.C2HF3O2/c1-20-14-8-13(10-19-7-6-15(16)17-19)18(11-14)9-12-4-2-3-5-12;3-2(4,5)1(6)7/h2-3,6-7,12-14H,4-5,8-11H2,1H3,(H2,16,17);(H,6,7)/t13-,14-;/m0./s1. The number of carboxylic acids is 1. The Labute approximate surface area is 155 Å². The number of aromatic nitrogens is 2. The number of aliphatic carboxylic acids is 1. The number of anilines is 1. The average Bonchev–Trinajstić information content (AvgIpc) is 3.31. The number of carbonyl (C=O) groups is 1. The number of alkyl halides is 3. The molecule has 3 N–H and O–H groups in total. The summed E-state index contributed by atoms with van der Waals surface area (Å²) < 4.78 is 39.3. The minimum atomic E-state index is -5.08. The minimum Gasteiger partial charge on any atom is -0.475 e. The van der Waals surface area contributed by atoms with E-state index in [4.69, 9.17) is 20.4 Å². The number of rotatable bonds is 5. The van der Waals surface area contributed by atoms with Gasteiger partial charge >= 0.3 is 12.1 Å². The van der Waals surface area contributed by atoms with Gasteiger partial charge in [0.2, 0.25) is 0 Å². The molecule has 1 saturated heterocycles. The first-order valence-corrected chi connectivity index (χ1v) is 8.70. The van der Waals surface area contributed by atoms with Gasteiger partial charge in [-0.1, -0.05) is 12.2 Å². The summed E-state index contributed by atoms with van der Waals surface area (Å²) in [6.07, 6.45) is 5.35. The summed E-state index contributed by atoms with van der Waals surface area (Å²) in [5.74, 6) is -1.39. The molecule has 0 amide bonds. The second-order valence-electron chi connectivity index (χ2n) is 6.78.